The summed E-state index contributed by atoms with van der Waals surface area (Å²) in [5, 5.41) is 0. The van der Waals surface area contributed by atoms with Crippen molar-refractivity contribution in [1.29, 1.82) is 0 Å². The van der Waals surface area contributed by atoms with Crippen molar-refractivity contribution in [1.82, 2.24) is 0 Å². The minimum absolute atomic E-state index is 0.0625. The van der Waals surface area contributed by atoms with Gasteiger partial charge in [0.1, 0.15) is 9.79 Å². The standard InChI is InChI=1S/C13H6F6O6S2/c14-8-1-6(2-9(15)12(8)18)26(20,21)24-5-25-27(22,23)7-3-10(16)13(19)11(17)4-7/h1-4H,5H2. The van der Waals surface area contributed by atoms with Gasteiger partial charge in [0.15, 0.2) is 41.7 Å². The maximum Gasteiger partial charge on any atom is 0.299 e. The maximum atomic E-state index is 13.0. The maximum absolute atomic E-state index is 13.0. The molecule has 0 aliphatic rings. The van der Waals surface area contributed by atoms with E-state index in [2.05, 4.69) is 8.37 Å². The predicted octanol–water partition coefficient (Wildman–Crippen LogP) is 2.59. The Balaban J connectivity index is 2.17. The molecule has 0 amide bonds. The van der Waals surface area contributed by atoms with E-state index in [4.69, 9.17) is 0 Å². The summed E-state index contributed by atoms with van der Waals surface area (Å²) in [6.45, 7) is -1.61. The van der Waals surface area contributed by atoms with Crippen LogP contribution in [0.3, 0.4) is 0 Å². The lowest BCUT2D eigenvalue weighted by Gasteiger charge is -2.08. The van der Waals surface area contributed by atoms with Crippen LogP contribution in [0.25, 0.3) is 0 Å². The second-order valence-electron chi connectivity index (χ2n) is 4.66. The lowest BCUT2D eigenvalue weighted by atomic mass is 10.3. The molecule has 0 radical (unpaired) electrons. The van der Waals surface area contributed by atoms with Gasteiger partial charge in [-0.05, 0) is 24.3 Å². The molecule has 0 spiro atoms. The zero-order valence-electron chi connectivity index (χ0n) is 12.6. The van der Waals surface area contributed by atoms with Gasteiger partial charge in [0.25, 0.3) is 20.2 Å². The highest BCUT2D eigenvalue weighted by atomic mass is 32.2. The smallest absolute Gasteiger partial charge is 0.236 e. The van der Waals surface area contributed by atoms with E-state index >= 15 is 0 Å². The van der Waals surface area contributed by atoms with Crippen LogP contribution in [0.4, 0.5) is 26.3 Å². The highest BCUT2D eigenvalue weighted by Gasteiger charge is 2.24. The van der Waals surface area contributed by atoms with Crippen LogP contribution in [0.2, 0.25) is 0 Å². The van der Waals surface area contributed by atoms with E-state index in [9.17, 15) is 43.2 Å². The van der Waals surface area contributed by atoms with E-state index in [1.165, 1.54) is 0 Å². The van der Waals surface area contributed by atoms with E-state index in [1.807, 2.05) is 0 Å². The van der Waals surface area contributed by atoms with Crippen molar-refractivity contribution in [2.24, 2.45) is 0 Å². The molecule has 0 saturated carbocycles. The topological polar surface area (TPSA) is 86.7 Å². The second-order valence-corrected chi connectivity index (χ2v) is 7.89. The van der Waals surface area contributed by atoms with Crippen LogP contribution in [0, 0.1) is 34.9 Å². The first-order valence-electron chi connectivity index (χ1n) is 6.43. The Labute approximate surface area is 148 Å². The van der Waals surface area contributed by atoms with Crippen LogP contribution >= 0.6 is 0 Å². The van der Waals surface area contributed by atoms with E-state index < -0.39 is 71.7 Å². The van der Waals surface area contributed by atoms with E-state index in [1.54, 1.807) is 0 Å². The Morgan fingerprint density at radius 3 is 1.11 bits per heavy atom. The van der Waals surface area contributed by atoms with Gasteiger partial charge in [0.2, 0.25) is 0 Å². The fraction of sp³-hybridized carbons (Fsp3) is 0.0769. The summed E-state index contributed by atoms with van der Waals surface area (Å²) in [5.41, 5.74) is 0. The molecule has 2 rings (SSSR count). The minimum Gasteiger partial charge on any atom is -0.236 e. The molecular formula is C13H6F6O6S2. The van der Waals surface area contributed by atoms with Crippen LogP contribution in [0.1, 0.15) is 0 Å². The highest BCUT2D eigenvalue weighted by molar-refractivity contribution is 7.87. The van der Waals surface area contributed by atoms with Crippen molar-refractivity contribution in [3.05, 3.63) is 59.2 Å². The van der Waals surface area contributed by atoms with Gasteiger partial charge in [-0.15, -0.1) is 0 Å². The molecule has 0 unspecified atom stereocenters. The monoisotopic (exact) mass is 436 g/mol. The van der Waals surface area contributed by atoms with Gasteiger partial charge in [-0.3, -0.25) is 0 Å². The molecule has 0 N–H and O–H groups in total. The lowest BCUT2D eigenvalue weighted by molar-refractivity contribution is 0.132. The average molecular weight is 436 g/mol. The Kier molecular flexibility index (Phi) is 5.84. The quantitative estimate of drug-likeness (QED) is 0.300. The molecular weight excluding hydrogens is 430 g/mol. The largest absolute Gasteiger partial charge is 0.299 e. The summed E-state index contributed by atoms with van der Waals surface area (Å²) < 4.78 is 133. The molecule has 2 aromatic carbocycles. The van der Waals surface area contributed by atoms with E-state index in [0.717, 1.165) is 0 Å². The molecule has 0 aromatic heterocycles. The number of halogens is 6. The van der Waals surface area contributed by atoms with Gasteiger partial charge < -0.3 is 0 Å². The zero-order valence-corrected chi connectivity index (χ0v) is 14.2. The fourth-order valence-corrected chi connectivity index (χ4v) is 3.31. The summed E-state index contributed by atoms with van der Waals surface area (Å²) in [4.78, 5) is -2.39. The first-order valence-corrected chi connectivity index (χ1v) is 9.25. The summed E-state index contributed by atoms with van der Waals surface area (Å²) in [6, 6.07) is 0.250. The minimum atomic E-state index is -4.99. The van der Waals surface area contributed by atoms with E-state index in [0.29, 0.717) is 0 Å². The van der Waals surface area contributed by atoms with Crippen molar-refractivity contribution >= 4 is 20.2 Å². The summed E-state index contributed by atoms with van der Waals surface area (Å²) in [5.74, 6) is -11.3. The zero-order chi connectivity index (χ0) is 20.6. The third kappa shape index (κ3) is 4.58. The van der Waals surface area contributed by atoms with Crippen LogP contribution in [-0.4, -0.2) is 23.6 Å². The molecule has 27 heavy (non-hydrogen) atoms. The first kappa shape index (κ1) is 21.1. The molecule has 2 aromatic rings. The number of benzene rings is 2. The third-order valence-corrected chi connectivity index (χ3v) is 5.34. The third-order valence-electron chi connectivity index (χ3n) is 2.90. The Morgan fingerprint density at radius 1 is 0.593 bits per heavy atom. The lowest BCUT2D eigenvalue weighted by Crippen LogP contribution is -2.15. The second kappa shape index (κ2) is 7.46. The van der Waals surface area contributed by atoms with Crippen LogP contribution in [0.15, 0.2) is 34.1 Å². The number of hydrogen-bond acceptors (Lipinski definition) is 6. The van der Waals surface area contributed by atoms with Gasteiger partial charge in [-0.1, -0.05) is 0 Å². The van der Waals surface area contributed by atoms with Gasteiger partial charge in [0, 0.05) is 0 Å². The molecule has 0 saturated heterocycles. The van der Waals surface area contributed by atoms with Crippen molar-refractivity contribution < 1.29 is 51.5 Å². The molecule has 0 atom stereocenters. The molecule has 14 heteroatoms. The Bertz CT molecular complexity index is 967. The summed E-state index contributed by atoms with van der Waals surface area (Å²) >= 11 is 0. The van der Waals surface area contributed by atoms with Crippen LogP contribution in [0.5, 0.6) is 0 Å². The molecule has 0 aliphatic carbocycles. The number of hydrogen-bond donors (Lipinski definition) is 0. The molecule has 6 nitrogen and oxygen atoms in total. The van der Waals surface area contributed by atoms with Crippen molar-refractivity contribution in [2.75, 3.05) is 6.79 Å². The SMILES string of the molecule is O=S(=O)(OCOS(=O)(=O)c1cc(F)c(F)c(F)c1)c1cc(F)c(F)c(F)c1. The van der Waals surface area contributed by atoms with Gasteiger partial charge >= 0.3 is 0 Å². The first-order chi connectivity index (χ1) is 12.3. The van der Waals surface area contributed by atoms with Crippen molar-refractivity contribution in [3.8, 4) is 0 Å². The normalized spacial score (nSPS) is 12.4. The Hall–Kier alpha value is -2.16. The van der Waals surface area contributed by atoms with Crippen molar-refractivity contribution in [2.45, 2.75) is 9.79 Å². The van der Waals surface area contributed by atoms with E-state index in [-0.39, 0.29) is 24.3 Å². The van der Waals surface area contributed by atoms with Crippen LogP contribution in [-0.2, 0) is 28.6 Å². The van der Waals surface area contributed by atoms with Gasteiger partial charge in [-0.2, -0.15) is 16.8 Å². The Morgan fingerprint density at radius 2 is 0.852 bits per heavy atom. The molecule has 0 heterocycles. The average Bonchev–Trinajstić information content (AvgIpc) is 2.56. The molecule has 0 aliphatic heterocycles. The molecule has 0 bridgehead atoms. The van der Waals surface area contributed by atoms with Gasteiger partial charge in [-0.25, -0.2) is 34.7 Å². The van der Waals surface area contributed by atoms with Crippen LogP contribution < -0.4 is 0 Å². The summed E-state index contributed by atoms with van der Waals surface area (Å²) in [6.07, 6.45) is 0. The molecule has 148 valence electrons. The predicted molar refractivity (Wildman–Crippen MR) is 74.0 cm³/mol. The van der Waals surface area contributed by atoms with Crippen molar-refractivity contribution in [3.63, 3.8) is 0 Å². The highest BCUT2D eigenvalue weighted by Crippen LogP contribution is 2.21. The number of rotatable bonds is 6. The summed E-state index contributed by atoms with van der Waals surface area (Å²) in [7, 11) is -9.99. The fourth-order valence-electron chi connectivity index (χ4n) is 1.64. The van der Waals surface area contributed by atoms with Gasteiger partial charge in [0.05, 0.1) is 0 Å². The molecule has 0 fully saturated rings.